The molecule has 0 spiro atoms. The molecule has 0 bridgehead atoms. The highest BCUT2D eigenvalue weighted by Gasteiger charge is 2.18. The van der Waals surface area contributed by atoms with Crippen molar-refractivity contribution in [2.75, 3.05) is 0 Å². The van der Waals surface area contributed by atoms with Gasteiger partial charge in [0.25, 0.3) is 0 Å². The van der Waals surface area contributed by atoms with E-state index in [1.165, 1.54) is 0 Å². The van der Waals surface area contributed by atoms with Crippen molar-refractivity contribution in [3.05, 3.63) is 34.3 Å². The molecule has 1 atom stereocenters. The summed E-state index contributed by atoms with van der Waals surface area (Å²) in [5, 5.41) is 9.65. The van der Waals surface area contributed by atoms with Gasteiger partial charge in [0, 0.05) is 5.02 Å². The predicted octanol–water partition coefficient (Wildman–Crippen LogP) is 3.48. The van der Waals surface area contributed by atoms with E-state index in [9.17, 15) is 4.79 Å². The van der Waals surface area contributed by atoms with E-state index >= 15 is 0 Å². The maximum absolute atomic E-state index is 11.0. The molecule has 2 nitrogen and oxygen atoms in total. The van der Waals surface area contributed by atoms with E-state index in [1.54, 1.807) is 6.07 Å². The van der Waals surface area contributed by atoms with Crippen LogP contribution >= 0.6 is 11.6 Å². The minimum Gasteiger partial charge on any atom is -0.481 e. The van der Waals surface area contributed by atoms with Gasteiger partial charge in [0.1, 0.15) is 0 Å². The Hall–Kier alpha value is -1.02. The van der Waals surface area contributed by atoms with Gasteiger partial charge in [0.2, 0.25) is 0 Å². The lowest BCUT2D eigenvalue weighted by Crippen LogP contribution is -2.10. The number of aliphatic carboxylic acids is 1. The highest BCUT2D eigenvalue weighted by Crippen LogP contribution is 2.25. The number of hydrogen-bond acceptors (Lipinski definition) is 1. The van der Waals surface area contributed by atoms with Crippen LogP contribution in [0.5, 0.6) is 0 Å². The minimum atomic E-state index is -0.790. The largest absolute Gasteiger partial charge is 0.481 e. The van der Waals surface area contributed by atoms with Gasteiger partial charge in [0.15, 0.2) is 0 Å². The lowest BCUT2D eigenvalue weighted by atomic mass is 9.94. The van der Waals surface area contributed by atoms with Crippen molar-refractivity contribution in [1.29, 1.82) is 0 Å². The number of halogens is 1. The molecule has 1 unspecified atom stereocenters. The van der Waals surface area contributed by atoms with Gasteiger partial charge < -0.3 is 5.11 Å². The molecule has 0 aliphatic heterocycles. The monoisotopic (exact) mass is 226 g/mol. The van der Waals surface area contributed by atoms with Gasteiger partial charge in [-0.05, 0) is 36.1 Å². The summed E-state index contributed by atoms with van der Waals surface area (Å²) < 4.78 is 0. The van der Waals surface area contributed by atoms with E-state index in [2.05, 4.69) is 0 Å². The van der Waals surface area contributed by atoms with Crippen molar-refractivity contribution in [2.24, 2.45) is 0 Å². The van der Waals surface area contributed by atoms with Gasteiger partial charge in [-0.2, -0.15) is 0 Å². The Morgan fingerprint density at radius 2 is 2.07 bits per heavy atom. The van der Waals surface area contributed by atoms with Crippen molar-refractivity contribution >= 4 is 17.6 Å². The maximum Gasteiger partial charge on any atom is 0.310 e. The molecule has 0 heterocycles. The van der Waals surface area contributed by atoms with E-state index in [4.69, 9.17) is 16.7 Å². The quantitative estimate of drug-likeness (QED) is 0.854. The molecule has 0 aliphatic carbocycles. The number of aryl methyl sites for hydroxylation is 1. The summed E-state index contributed by atoms with van der Waals surface area (Å²) >= 11 is 5.94. The van der Waals surface area contributed by atoms with Crippen LogP contribution in [0, 0.1) is 0 Å². The molecule has 0 aliphatic rings. The van der Waals surface area contributed by atoms with Gasteiger partial charge in [-0.3, -0.25) is 4.79 Å². The van der Waals surface area contributed by atoms with Gasteiger partial charge >= 0.3 is 5.97 Å². The Bertz CT molecular complexity index is 361. The molecule has 0 fully saturated rings. The average Bonchev–Trinajstić information content (AvgIpc) is 2.17. The van der Waals surface area contributed by atoms with Gasteiger partial charge in [-0.15, -0.1) is 0 Å². The second kappa shape index (κ2) is 5.17. The summed E-state index contributed by atoms with van der Waals surface area (Å²) in [7, 11) is 0. The third-order valence-electron chi connectivity index (χ3n) is 2.50. The Labute approximate surface area is 94.9 Å². The molecule has 1 aromatic rings. The topological polar surface area (TPSA) is 37.3 Å². The fraction of sp³-hybridized carbons (Fsp3) is 0.417. The molecular weight excluding hydrogens is 212 g/mol. The molecule has 0 amide bonds. The fourth-order valence-corrected chi connectivity index (χ4v) is 1.90. The average molecular weight is 227 g/mol. The number of carboxylic acid groups (broad SMARTS) is 1. The first kappa shape index (κ1) is 12.1. The van der Waals surface area contributed by atoms with Crippen molar-refractivity contribution in [2.45, 2.75) is 32.6 Å². The molecule has 1 aromatic carbocycles. The molecule has 82 valence electrons. The van der Waals surface area contributed by atoms with Crippen molar-refractivity contribution in [3.63, 3.8) is 0 Å². The highest BCUT2D eigenvalue weighted by molar-refractivity contribution is 6.30. The smallest absolute Gasteiger partial charge is 0.310 e. The highest BCUT2D eigenvalue weighted by atomic mass is 35.5. The van der Waals surface area contributed by atoms with Crippen molar-refractivity contribution < 1.29 is 9.90 Å². The van der Waals surface area contributed by atoms with Gasteiger partial charge in [-0.1, -0.05) is 31.5 Å². The molecule has 1 rings (SSSR count). The summed E-state index contributed by atoms with van der Waals surface area (Å²) in [6, 6.07) is 5.54. The third-order valence-corrected chi connectivity index (χ3v) is 2.72. The van der Waals surface area contributed by atoms with E-state index in [1.807, 2.05) is 26.0 Å². The predicted molar refractivity (Wildman–Crippen MR) is 61.5 cm³/mol. The van der Waals surface area contributed by atoms with Crippen LogP contribution in [0.1, 0.15) is 37.3 Å². The van der Waals surface area contributed by atoms with Gasteiger partial charge in [0.05, 0.1) is 5.92 Å². The van der Waals surface area contributed by atoms with E-state index in [0.29, 0.717) is 11.4 Å². The summed E-state index contributed by atoms with van der Waals surface area (Å²) in [6.07, 6.45) is 1.45. The first-order chi connectivity index (χ1) is 7.08. The van der Waals surface area contributed by atoms with Crippen molar-refractivity contribution in [3.8, 4) is 0 Å². The molecule has 3 heteroatoms. The number of rotatable bonds is 4. The Morgan fingerprint density at radius 1 is 1.40 bits per heavy atom. The number of carboxylic acids is 1. The SMILES string of the molecule is CCc1cc(Cl)cc(C(CC)C(=O)O)c1. The first-order valence-electron chi connectivity index (χ1n) is 5.10. The maximum atomic E-state index is 11.0. The zero-order chi connectivity index (χ0) is 11.4. The van der Waals surface area contributed by atoms with Crippen LogP contribution in [0.25, 0.3) is 0 Å². The van der Waals surface area contributed by atoms with E-state index < -0.39 is 11.9 Å². The van der Waals surface area contributed by atoms with Crippen LogP contribution < -0.4 is 0 Å². The second-order valence-electron chi connectivity index (χ2n) is 3.55. The van der Waals surface area contributed by atoms with Crippen LogP contribution in [-0.2, 0) is 11.2 Å². The van der Waals surface area contributed by atoms with Crippen molar-refractivity contribution in [1.82, 2.24) is 0 Å². The molecule has 0 radical (unpaired) electrons. The van der Waals surface area contributed by atoms with Crippen LogP contribution in [-0.4, -0.2) is 11.1 Å². The first-order valence-corrected chi connectivity index (χ1v) is 5.48. The fourth-order valence-electron chi connectivity index (χ4n) is 1.63. The normalized spacial score (nSPS) is 12.5. The number of carbonyl (C=O) groups is 1. The van der Waals surface area contributed by atoms with E-state index in [0.717, 1.165) is 17.5 Å². The van der Waals surface area contributed by atoms with Crippen LogP contribution in [0.3, 0.4) is 0 Å². The Morgan fingerprint density at radius 3 is 2.53 bits per heavy atom. The summed E-state index contributed by atoms with van der Waals surface area (Å²) in [5.41, 5.74) is 1.88. The Kier molecular flexibility index (Phi) is 4.15. The van der Waals surface area contributed by atoms with E-state index in [-0.39, 0.29) is 0 Å². The van der Waals surface area contributed by atoms with Gasteiger partial charge in [-0.25, -0.2) is 0 Å². The lowest BCUT2D eigenvalue weighted by molar-refractivity contribution is -0.138. The molecule has 0 saturated carbocycles. The lowest BCUT2D eigenvalue weighted by Gasteiger charge is -2.12. The molecule has 15 heavy (non-hydrogen) atoms. The summed E-state index contributed by atoms with van der Waals surface area (Å²) in [6.45, 7) is 3.89. The molecular formula is C12H15ClO2. The number of hydrogen-bond donors (Lipinski definition) is 1. The van der Waals surface area contributed by atoms with Crippen LogP contribution in [0.2, 0.25) is 5.02 Å². The van der Waals surface area contributed by atoms with Crippen LogP contribution in [0.4, 0.5) is 0 Å². The Balaban J connectivity index is 3.11. The molecule has 0 saturated heterocycles. The zero-order valence-electron chi connectivity index (χ0n) is 8.96. The molecule has 1 N–H and O–H groups in total. The standard InChI is InChI=1S/C12H15ClO2/c1-3-8-5-9(7-10(13)6-8)11(4-2)12(14)15/h5-7,11H,3-4H2,1-2H3,(H,14,15). The zero-order valence-corrected chi connectivity index (χ0v) is 9.71. The third kappa shape index (κ3) is 2.96. The number of benzene rings is 1. The second-order valence-corrected chi connectivity index (χ2v) is 3.98. The summed E-state index contributed by atoms with van der Waals surface area (Å²) in [5.74, 6) is -1.24. The molecule has 0 aromatic heterocycles. The minimum absolute atomic E-state index is 0.450. The van der Waals surface area contributed by atoms with Crippen LogP contribution in [0.15, 0.2) is 18.2 Å². The summed E-state index contributed by atoms with van der Waals surface area (Å²) in [4.78, 5) is 11.0.